The summed E-state index contributed by atoms with van der Waals surface area (Å²) in [6, 6.07) is 31.9. The molecule has 246 valence electrons. The predicted molar refractivity (Wildman–Crippen MR) is 204 cm³/mol. The van der Waals surface area contributed by atoms with Gasteiger partial charge in [0, 0.05) is 22.7 Å². The summed E-state index contributed by atoms with van der Waals surface area (Å²) in [6.45, 7) is 19.7. The first kappa shape index (κ1) is 32.3. The summed E-state index contributed by atoms with van der Waals surface area (Å²) in [5.74, 6) is 0.545. The molecule has 7 aromatic rings. The smallest absolute Gasteiger partial charge is 0.231 e. The van der Waals surface area contributed by atoms with Gasteiger partial charge in [0.1, 0.15) is 11.3 Å². The number of aromatic hydroxyl groups is 1. The molecule has 2 heterocycles. The van der Waals surface area contributed by atoms with E-state index < -0.39 is 0 Å². The first-order valence-corrected chi connectivity index (χ1v) is 17.0. The van der Waals surface area contributed by atoms with Gasteiger partial charge in [0.15, 0.2) is 5.58 Å². The Balaban J connectivity index is 1.47. The lowest BCUT2D eigenvalue weighted by Crippen LogP contribution is -2.12. The zero-order chi connectivity index (χ0) is 34.8. The molecule has 0 saturated carbocycles. The van der Waals surface area contributed by atoms with Crippen molar-refractivity contribution in [1.82, 2.24) is 9.97 Å². The van der Waals surface area contributed by atoms with Crippen molar-refractivity contribution in [3.8, 4) is 50.6 Å². The highest BCUT2D eigenvalue weighted by Gasteiger charge is 2.22. The number of phenols is 1. The van der Waals surface area contributed by atoms with Crippen LogP contribution in [0.2, 0.25) is 0 Å². The number of hydrogen-bond donors (Lipinski definition) is 1. The quantitative estimate of drug-likeness (QED) is 0.207. The average molecular weight is 645 g/mol. The molecule has 0 atom stereocenters. The number of benzene rings is 5. The van der Waals surface area contributed by atoms with Gasteiger partial charge in [-0.3, -0.25) is 4.98 Å². The van der Waals surface area contributed by atoms with E-state index in [9.17, 15) is 5.11 Å². The molecule has 0 amide bonds. The molecule has 0 saturated heterocycles. The SMILES string of the molecule is Cc1cc(C)cc(-c2cc(-c3cccc(-c4cc(C)cc5c(C(C)(C)C)ccnc45)c3)c3nc(-c4cc(C(C)(C)C)ccc4O)oc3c2)c1. The number of fused-ring (bicyclic) bond motifs is 2. The monoisotopic (exact) mass is 644 g/mol. The van der Waals surface area contributed by atoms with Crippen molar-refractivity contribution in [1.29, 1.82) is 0 Å². The largest absolute Gasteiger partial charge is 0.507 e. The Kier molecular flexibility index (Phi) is 7.74. The van der Waals surface area contributed by atoms with Crippen molar-refractivity contribution >= 4 is 22.0 Å². The topological polar surface area (TPSA) is 59.2 Å². The number of rotatable bonds is 4. The van der Waals surface area contributed by atoms with Crippen molar-refractivity contribution in [3.63, 3.8) is 0 Å². The number of aromatic nitrogens is 2. The Morgan fingerprint density at radius 3 is 1.90 bits per heavy atom. The fourth-order valence-corrected chi connectivity index (χ4v) is 6.97. The number of hydrogen-bond acceptors (Lipinski definition) is 4. The summed E-state index contributed by atoms with van der Waals surface area (Å²) in [6.07, 6.45) is 1.93. The molecule has 0 aliphatic carbocycles. The predicted octanol–water partition coefficient (Wildman–Crippen LogP) is 12.3. The van der Waals surface area contributed by atoms with Gasteiger partial charge in [-0.15, -0.1) is 0 Å². The van der Waals surface area contributed by atoms with Gasteiger partial charge in [0.05, 0.1) is 11.1 Å². The van der Waals surface area contributed by atoms with Gasteiger partial charge >= 0.3 is 0 Å². The molecule has 5 aromatic carbocycles. The van der Waals surface area contributed by atoms with Crippen LogP contribution in [0.25, 0.3) is 66.8 Å². The molecule has 0 unspecified atom stereocenters. The molecule has 7 rings (SSSR count). The third-order valence-corrected chi connectivity index (χ3v) is 9.42. The van der Waals surface area contributed by atoms with E-state index in [4.69, 9.17) is 14.4 Å². The molecule has 4 nitrogen and oxygen atoms in total. The minimum absolute atomic E-state index is 0.0141. The number of nitrogens with zero attached hydrogens (tertiary/aromatic N) is 2. The van der Waals surface area contributed by atoms with Crippen LogP contribution in [-0.4, -0.2) is 15.1 Å². The number of pyridine rings is 1. The van der Waals surface area contributed by atoms with Crippen LogP contribution in [0.1, 0.15) is 69.4 Å². The van der Waals surface area contributed by atoms with Crippen LogP contribution >= 0.6 is 0 Å². The van der Waals surface area contributed by atoms with E-state index in [2.05, 4.69) is 135 Å². The van der Waals surface area contributed by atoms with Gasteiger partial charge in [-0.05, 0) is 119 Å². The standard InChI is InChI=1S/C45H44N2O2/c1-26-17-27(2)19-31(18-26)32-23-35(42-40(24-32)49-43(47-42)37-25-33(44(4,5)6)13-14-39(37)48)30-12-10-11-29(22-30)34-20-28(3)21-36-38(45(7,8)9)15-16-46-41(34)36/h10-25,48H,1-9H3. The van der Waals surface area contributed by atoms with E-state index in [-0.39, 0.29) is 16.6 Å². The van der Waals surface area contributed by atoms with Gasteiger partial charge in [0.2, 0.25) is 5.89 Å². The summed E-state index contributed by atoms with van der Waals surface area (Å²) in [4.78, 5) is 9.99. The molecule has 4 heteroatoms. The molecule has 0 fully saturated rings. The second kappa shape index (κ2) is 11.7. The Labute approximate surface area is 289 Å². The van der Waals surface area contributed by atoms with Crippen LogP contribution in [0.5, 0.6) is 5.75 Å². The van der Waals surface area contributed by atoms with Crippen molar-refractivity contribution in [2.45, 2.75) is 73.1 Å². The number of phenolic OH excluding ortho intramolecular Hbond substituents is 1. The Morgan fingerprint density at radius 1 is 0.571 bits per heavy atom. The third-order valence-electron chi connectivity index (χ3n) is 9.42. The van der Waals surface area contributed by atoms with E-state index in [0.29, 0.717) is 17.0 Å². The second-order valence-corrected chi connectivity index (χ2v) is 15.6. The normalized spacial score (nSPS) is 12.3. The molecular formula is C45H44N2O2. The Bertz CT molecular complexity index is 2380. The summed E-state index contributed by atoms with van der Waals surface area (Å²) in [5, 5.41) is 12.2. The fourth-order valence-electron chi connectivity index (χ4n) is 6.97. The molecule has 1 N–H and O–H groups in total. The lowest BCUT2D eigenvalue weighted by molar-refractivity contribution is 0.473. The number of oxazole rings is 1. The Morgan fingerprint density at radius 2 is 1.22 bits per heavy atom. The van der Waals surface area contributed by atoms with E-state index in [1.807, 2.05) is 18.3 Å². The maximum absolute atomic E-state index is 11.0. The first-order valence-electron chi connectivity index (χ1n) is 17.0. The van der Waals surface area contributed by atoms with Crippen molar-refractivity contribution < 1.29 is 9.52 Å². The highest BCUT2D eigenvalue weighted by molar-refractivity contribution is 6.00. The van der Waals surface area contributed by atoms with E-state index in [1.165, 1.54) is 27.6 Å². The first-order chi connectivity index (χ1) is 23.2. The van der Waals surface area contributed by atoms with Gasteiger partial charge < -0.3 is 9.52 Å². The van der Waals surface area contributed by atoms with Gasteiger partial charge in [-0.2, -0.15) is 0 Å². The lowest BCUT2D eigenvalue weighted by atomic mass is 9.83. The molecule has 0 aliphatic rings. The zero-order valence-electron chi connectivity index (χ0n) is 30.0. The second-order valence-electron chi connectivity index (χ2n) is 15.6. The molecule has 0 radical (unpaired) electrons. The van der Waals surface area contributed by atoms with E-state index in [0.717, 1.165) is 50.0 Å². The molecule has 0 aliphatic heterocycles. The molecular weight excluding hydrogens is 601 g/mol. The summed E-state index contributed by atoms with van der Waals surface area (Å²) in [7, 11) is 0. The highest BCUT2D eigenvalue weighted by atomic mass is 16.3. The van der Waals surface area contributed by atoms with Crippen LogP contribution in [0.4, 0.5) is 0 Å². The van der Waals surface area contributed by atoms with Crippen molar-refractivity contribution in [2.75, 3.05) is 0 Å². The average Bonchev–Trinajstić information content (AvgIpc) is 3.46. The third kappa shape index (κ3) is 6.12. The fraction of sp³-hybridized carbons (Fsp3) is 0.244. The minimum atomic E-state index is -0.0985. The minimum Gasteiger partial charge on any atom is -0.507 e. The summed E-state index contributed by atoms with van der Waals surface area (Å²) in [5.41, 5.74) is 15.3. The van der Waals surface area contributed by atoms with Crippen LogP contribution in [0.15, 0.2) is 102 Å². The molecule has 0 bridgehead atoms. The van der Waals surface area contributed by atoms with Crippen molar-refractivity contribution in [2.24, 2.45) is 0 Å². The maximum atomic E-state index is 11.0. The molecule has 49 heavy (non-hydrogen) atoms. The van der Waals surface area contributed by atoms with Crippen molar-refractivity contribution in [3.05, 3.63) is 125 Å². The summed E-state index contributed by atoms with van der Waals surface area (Å²) < 4.78 is 6.54. The van der Waals surface area contributed by atoms with Crippen LogP contribution in [0, 0.1) is 20.8 Å². The highest BCUT2D eigenvalue weighted by Crippen LogP contribution is 2.41. The van der Waals surface area contributed by atoms with Crippen LogP contribution in [-0.2, 0) is 10.8 Å². The van der Waals surface area contributed by atoms with Crippen LogP contribution in [0.3, 0.4) is 0 Å². The molecule has 2 aromatic heterocycles. The van der Waals surface area contributed by atoms with Gasteiger partial charge in [0.25, 0.3) is 0 Å². The summed E-state index contributed by atoms with van der Waals surface area (Å²) >= 11 is 0. The Hall–Kier alpha value is -5.22. The van der Waals surface area contributed by atoms with Gasteiger partial charge in [-0.25, -0.2) is 4.98 Å². The lowest BCUT2D eigenvalue weighted by Gasteiger charge is -2.22. The molecule has 0 spiro atoms. The van der Waals surface area contributed by atoms with E-state index in [1.54, 1.807) is 6.07 Å². The maximum Gasteiger partial charge on any atom is 0.231 e. The van der Waals surface area contributed by atoms with Gasteiger partial charge in [-0.1, -0.05) is 95.1 Å². The van der Waals surface area contributed by atoms with Crippen LogP contribution < -0.4 is 0 Å². The number of aryl methyl sites for hydroxylation is 3. The van der Waals surface area contributed by atoms with E-state index >= 15 is 0 Å². The zero-order valence-corrected chi connectivity index (χ0v) is 30.0.